The SMILES string of the molecule is CN=C(NCCc1nc(C(C)C)no1)NCc1cccc(OC)c1OC1CCCC1. The summed E-state index contributed by atoms with van der Waals surface area (Å²) >= 11 is 0. The van der Waals surface area contributed by atoms with Crippen LogP contribution in [0.15, 0.2) is 27.7 Å². The highest BCUT2D eigenvalue weighted by atomic mass is 16.5. The maximum atomic E-state index is 6.30. The van der Waals surface area contributed by atoms with Crippen LogP contribution in [0, 0.1) is 0 Å². The van der Waals surface area contributed by atoms with Gasteiger partial charge in [-0.3, -0.25) is 4.99 Å². The first-order valence-corrected chi connectivity index (χ1v) is 10.7. The molecule has 1 aliphatic carbocycles. The first-order chi connectivity index (χ1) is 14.6. The molecule has 8 heteroatoms. The van der Waals surface area contributed by atoms with E-state index < -0.39 is 0 Å². The summed E-state index contributed by atoms with van der Waals surface area (Å²) in [6.45, 7) is 5.31. The fourth-order valence-electron chi connectivity index (χ4n) is 3.46. The van der Waals surface area contributed by atoms with E-state index in [1.165, 1.54) is 12.8 Å². The van der Waals surface area contributed by atoms with Gasteiger partial charge in [0.1, 0.15) is 0 Å². The number of ether oxygens (including phenoxy) is 2. The highest BCUT2D eigenvalue weighted by Gasteiger charge is 2.20. The van der Waals surface area contributed by atoms with Gasteiger partial charge in [-0.15, -0.1) is 0 Å². The van der Waals surface area contributed by atoms with Crippen LogP contribution in [0.3, 0.4) is 0 Å². The van der Waals surface area contributed by atoms with E-state index in [9.17, 15) is 0 Å². The van der Waals surface area contributed by atoms with Crippen LogP contribution in [0.2, 0.25) is 0 Å². The Morgan fingerprint density at radius 2 is 2.07 bits per heavy atom. The summed E-state index contributed by atoms with van der Waals surface area (Å²) in [4.78, 5) is 8.70. The van der Waals surface area contributed by atoms with Gasteiger partial charge in [-0.25, -0.2) is 0 Å². The summed E-state index contributed by atoms with van der Waals surface area (Å²) < 4.78 is 17.1. The lowest BCUT2D eigenvalue weighted by atomic mass is 10.1. The summed E-state index contributed by atoms with van der Waals surface area (Å²) in [5.74, 6) is 3.91. The van der Waals surface area contributed by atoms with Crippen molar-refractivity contribution < 1.29 is 14.0 Å². The molecule has 8 nitrogen and oxygen atoms in total. The molecule has 1 aliphatic rings. The van der Waals surface area contributed by atoms with Gasteiger partial charge in [-0.2, -0.15) is 4.98 Å². The predicted octanol–water partition coefficient (Wildman–Crippen LogP) is 3.43. The summed E-state index contributed by atoms with van der Waals surface area (Å²) in [6.07, 6.45) is 5.55. The largest absolute Gasteiger partial charge is 0.493 e. The number of nitrogens with zero attached hydrogens (tertiary/aromatic N) is 3. The molecule has 0 amide bonds. The van der Waals surface area contributed by atoms with E-state index in [2.05, 4.69) is 31.8 Å². The van der Waals surface area contributed by atoms with Crippen molar-refractivity contribution in [3.8, 4) is 11.5 Å². The van der Waals surface area contributed by atoms with Crippen LogP contribution in [-0.4, -0.2) is 42.9 Å². The van der Waals surface area contributed by atoms with Crippen molar-refractivity contribution in [3.63, 3.8) is 0 Å². The molecule has 0 aliphatic heterocycles. The van der Waals surface area contributed by atoms with Gasteiger partial charge in [0.15, 0.2) is 23.3 Å². The predicted molar refractivity (Wildman–Crippen MR) is 116 cm³/mol. The zero-order valence-corrected chi connectivity index (χ0v) is 18.4. The zero-order valence-electron chi connectivity index (χ0n) is 18.4. The Balaban J connectivity index is 1.54. The van der Waals surface area contributed by atoms with Crippen molar-refractivity contribution in [3.05, 3.63) is 35.5 Å². The van der Waals surface area contributed by atoms with E-state index in [1.807, 2.05) is 26.0 Å². The van der Waals surface area contributed by atoms with Crippen molar-refractivity contribution in [1.29, 1.82) is 0 Å². The van der Waals surface area contributed by atoms with Gasteiger partial charge in [0.25, 0.3) is 0 Å². The molecule has 0 radical (unpaired) electrons. The molecule has 0 spiro atoms. The van der Waals surface area contributed by atoms with Crippen LogP contribution in [0.5, 0.6) is 11.5 Å². The molecular formula is C22H33N5O3. The molecule has 2 aromatic rings. The molecule has 1 fully saturated rings. The fourth-order valence-corrected chi connectivity index (χ4v) is 3.46. The third kappa shape index (κ3) is 5.87. The smallest absolute Gasteiger partial charge is 0.228 e. The molecule has 0 atom stereocenters. The maximum absolute atomic E-state index is 6.30. The molecule has 3 rings (SSSR count). The topological polar surface area (TPSA) is 93.8 Å². The first kappa shape index (κ1) is 21.9. The van der Waals surface area contributed by atoms with Gasteiger partial charge in [0, 0.05) is 38.0 Å². The van der Waals surface area contributed by atoms with Crippen LogP contribution >= 0.6 is 0 Å². The van der Waals surface area contributed by atoms with E-state index >= 15 is 0 Å². The zero-order chi connectivity index (χ0) is 21.3. The Labute approximate surface area is 178 Å². The second-order valence-electron chi connectivity index (χ2n) is 7.78. The van der Waals surface area contributed by atoms with Crippen molar-refractivity contribution in [2.24, 2.45) is 4.99 Å². The monoisotopic (exact) mass is 415 g/mol. The molecule has 1 aromatic heterocycles. The highest BCUT2D eigenvalue weighted by Crippen LogP contribution is 2.34. The normalized spacial score (nSPS) is 14.9. The fraction of sp³-hybridized carbons (Fsp3) is 0.591. The summed E-state index contributed by atoms with van der Waals surface area (Å²) in [7, 11) is 3.43. The van der Waals surface area contributed by atoms with Gasteiger partial charge in [0.2, 0.25) is 5.89 Å². The second kappa shape index (κ2) is 10.8. The number of rotatable bonds is 9. The number of hydrogen-bond acceptors (Lipinski definition) is 6. The molecule has 0 bridgehead atoms. The van der Waals surface area contributed by atoms with Crippen molar-refractivity contribution >= 4 is 5.96 Å². The van der Waals surface area contributed by atoms with Gasteiger partial charge in [0.05, 0.1) is 13.2 Å². The molecular weight excluding hydrogens is 382 g/mol. The molecule has 30 heavy (non-hydrogen) atoms. The molecule has 0 saturated heterocycles. The lowest BCUT2D eigenvalue weighted by Crippen LogP contribution is -2.38. The van der Waals surface area contributed by atoms with Crippen LogP contribution in [0.25, 0.3) is 0 Å². The van der Waals surface area contributed by atoms with Gasteiger partial charge < -0.3 is 24.6 Å². The minimum atomic E-state index is 0.258. The lowest BCUT2D eigenvalue weighted by Gasteiger charge is -2.20. The van der Waals surface area contributed by atoms with Crippen LogP contribution in [0.4, 0.5) is 0 Å². The Morgan fingerprint density at radius 3 is 2.73 bits per heavy atom. The molecule has 0 unspecified atom stereocenters. The number of benzene rings is 1. The molecule has 1 heterocycles. The van der Waals surface area contributed by atoms with E-state index in [1.54, 1.807) is 14.2 Å². The van der Waals surface area contributed by atoms with E-state index in [4.69, 9.17) is 14.0 Å². The van der Waals surface area contributed by atoms with Crippen molar-refractivity contribution in [2.75, 3.05) is 20.7 Å². The quantitative estimate of drug-likeness (QED) is 0.479. The molecule has 1 aromatic carbocycles. The van der Waals surface area contributed by atoms with Crippen LogP contribution < -0.4 is 20.1 Å². The Bertz CT molecular complexity index is 828. The van der Waals surface area contributed by atoms with Crippen molar-refractivity contribution in [1.82, 2.24) is 20.8 Å². The van der Waals surface area contributed by atoms with Crippen LogP contribution in [-0.2, 0) is 13.0 Å². The van der Waals surface area contributed by atoms with Gasteiger partial charge in [-0.1, -0.05) is 31.1 Å². The highest BCUT2D eigenvalue weighted by molar-refractivity contribution is 5.79. The number of methoxy groups -OCH3 is 1. The van der Waals surface area contributed by atoms with E-state index in [-0.39, 0.29) is 12.0 Å². The Kier molecular flexibility index (Phi) is 7.93. The van der Waals surface area contributed by atoms with Crippen LogP contribution in [0.1, 0.15) is 62.7 Å². The third-order valence-corrected chi connectivity index (χ3v) is 5.17. The number of guanidine groups is 1. The lowest BCUT2D eigenvalue weighted by molar-refractivity contribution is 0.198. The summed E-state index contributed by atoms with van der Waals surface area (Å²) in [6, 6.07) is 5.98. The van der Waals surface area contributed by atoms with Gasteiger partial charge in [-0.05, 0) is 31.7 Å². The Hall–Kier alpha value is -2.77. The standard InChI is InChI=1S/C22H33N5O3/c1-15(2)21-26-19(30-27-21)12-13-24-22(23-3)25-14-16-8-7-11-18(28-4)20(16)29-17-9-5-6-10-17/h7-8,11,15,17H,5-6,9-10,12-14H2,1-4H3,(H2,23,24,25). The maximum Gasteiger partial charge on any atom is 0.228 e. The third-order valence-electron chi connectivity index (χ3n) is 5.17. The number of aromatic nitrogens is 2. The summed E-state index contributed by atoms with van der Waals surface area (Å²) in [5, 5.41) is 10.6. The second-order valence-corrected chi connectivity index (χ2v) is 7.78. The number of hydrogen-bond donors (Lipinski definition) is 2. The average molecular weight is 416 g/mol. The van der Waals surface area contributed by atoms with Crippen molar-refractivity contribution in [2.45, 2.75) is 64.5 Å². The Morgan fingerprint density at radius 1 is 1.27 bits per heavy atom. The minimum absolute atomic E-state index is 0.258. The molecule has 164 valence electrons. The molecule has 2 N–H and O–H groups in total. The number of para-hydroxylation sites is 1. The summed E-state index contributed by atoms with van der Waals surface area (Å²) in [5.41, 5.74) is 1.04. The van der Waals surface area contributed by atoms with E-state index in [0.29, 0.717) is 31.4 Å². The van der Waals surface area contributed by atoms with E-state index in [0.717, 1.165) is 35.7 Å². The average Bonchev–Trinajstić information content (AvgIpc) is 3.43. The minimum Gasteiger partial charge on any atom is -0.493 e. The number of aliphatic imine (C=N–C) groups is 1. The molecule has 1 saturated carbocycles. The first-order valence-electron chi connectivity index (χ1n) is 10.7. The van der Waals surface area contributed by atoms with Gasteiger partial charge >= 0.3 is 0 Å². The number of nitrogens with one attached hydrogen (secondary N) is 2.